The number of Topliss-reactive ketones (excluding diaryl/α,β-unsaturated/α-hetero) is 1. The van der Waals surface area contributed by atoms with Gasteiger partial charge < -0.3 is 23.1 Å². The van der Waals surface area contributed by atoms with Gasteiger partial charge in [0.05, 0.1) is 18.7 Å². The van der Waals surface area contributed by atoms with Crippen LogP contribution in [0, 0.1) is 6.92 Å². The lowest BCUT2D eigenvalue weighted by Gasteiger charge is -2.20. The van der Waals surface area contributed by atoms with E-state index in [1.807, 2.05) is 0 Å². The molecule has 1 aromatic carbocycles. The van der Waals surface area contributed by atoms with Gasteiger partial charge in [0.1, 0.15) is 23.7 Å². The first-order valence-electron chi connectivity index (χ1n) is 12.1. The van der Waals surface area contributed by atoms with Gasteiger partial charge in [0.2, 0.25) is 0 Å². The summed E-state index contributed by atoms with van der Waals surface area (Å²) >= 11 is 0. The summed E-state index contributed by atoms with van der Waals surface area (Å²) in [5, 5.41) is 0.622. The predicted molar refractivity (Wildman–Crippen MR) is 140 cm³/mol. The molecule has 0 saturated carbocycles. The fraction of sp³-hybridized carbons (Fsp3) is 0.462. The lowest BCUT2D eigenvalue weighted by Crippen LogP contribution is -2.26. The summed E-state index contributed by atoms with van der Waals surface area (Å²) in [6.45, 7) is 12.3. The minimum atomic E-state index is -3.52. The smallest absolute Gasteiger partial charge is 0.367 e. The molecule has 10 nitrogen and oxygen atoms in total. The molecule has 0 aliphatic carbocycles. The molecule has 0 unspecified atom stereocenters. The van der Waals surface area contributed by atoms with E-state index in [2.05, 4.69) is 9.97 Å². The molecule has 0 spiro atoms. The molecule has 0 atom stereocenters. The molecule has 3 aromatic rings. The van der Waals surface area contributed by atoms with E-state index in [-0.39, 0.29) is 31.9 Å². The third-order valence-electron chi connectivity index (χ3n) is 5.20. The van der Waals surface area contributed by atoms with Gasteiger partial charge >= 0.3 is 13.6 Å². The third-order valence-corrected chi connectivity index (χ3v) is 6.95. The Kier molecular flexibility index (Phi) is 8.89. The number of nitrogens with zero attached hydrogens (tertiary/aromatic N) is 3. The van der Waals surface area contributed by atoms with Crippen molar-refractivity contribution in [1.29, 1.82) is 0 Å². The maximum Gasteiger partial charge on any atom is 0.367 e. The van der Waals surface area contributed by atoms with Crippen LogP contribution in [0.1, 0.15) is 57.7 Å². The van der Waals surface area contributed by atoms with Crippen molar-refractivity contribution in [3.63, 3.8) is 0 Å². The van der Waals surface area contributed by atoms with Gasteiger partial charge in [-0.25, -0.2) is 9.97 Å². The average Bonchev–Trinajstić information content (AvgIpc) is 3.14. The first-order valence-corrected chi connectivity index (χ1v) is 13.8. The zero-order chi connectivity index (χ0) is 27.4. The Labute approximate surface area is 216 Å². The lowest BCUT2D eigenvalue weighted by atomic mass is 10.0. The molecule has 2 heterocycles. The number of carbonyl (C=O) groups is 2. The number of ketones is 1. The minimum absolute atomic E-state index is 0.107. The Morgan fingerprint density at radius 3 is 2.22 bits per heavy atom. The Morgan fingerprint density at radius 1 is 1.05 bits per heavy atom. The average molecular weight is 532 g/mol. The highest BCUT2D eigenvalue weighted by Gasteiger charge is 2.27. The quantitative estimate of drug-likeness (QED) is 0.178. The molecule has 200 valence electrons. The standard InChI is InChI=1S/C26H34N3O7P/c1-8-34-37(32,35-9-2)16-33-24-11-23-21(10-20(24)19-12-27-18(4)28-13-19)22(17(3)30)14-29(23)15-25(31)36-26(5,6)7/h10-14H,8-9,15-16H2,1-7H3. The largest absolute Gasteiger partial charge is 0.480 e. The van der Waals surface area contributed by atoms with Gasteiger partial charge in [-0.05, 0) is 54.5 Å². The highest BCUT2D eigenvalue weighted by atomic mass is 31.2. The van der Waals surface area contributed by atoms with E-state index in [4.69, 9.17) is 18.5 Å². The van der Waals surface area contributed by atoms with Crippen LogP contribution in [0.4, 0.5) is 0 Å². The van der Waals surface area contributed by atoms with E-state index in [0.717, 1.165) is 0 Å². The molecule has 0 amide bonds. The molecule has 0 N–H and O–H groups in total. The van der Waals surface area contributed by atoms with Gasteiger partial charge in [-0.3, -0.25) is 14.2 Å². The number of benzene rings is 1. The van der Waals surface area contributed by atoms with Crippen molar-refractivity contribution in [3.8, 4) is 16.9 Å². The fourth-order valence-electron chi connectivity index (χ4n) is 3.77. The number of aromatic nitrogens is 3. The van der Waals surface area contributed by atoms with Gasteiger partial charge in [0, 0.05) is 46.7 Å². The van der Waals surface area contributed by atoms with Crippen molar-refractivity contribution in [1.82, 2.24) is 14.5 Å². The first kappa shape index (κ1) is 28.5. The van der Waals surface area contributed by atoms with Crippen molar-refractivity contribution in [3.05, 3.63) is 42.1 Å². The molecule has 11 heteroatoms. The van der Waals surface area contributed by atoms with Crippen LogP contribution in [0.3, 0.4) is 0 Å². The molecule has 0 saturated heterocycles. The Balaban J connectivity index is 2.16. The number of esters is 1. The summed E-state index contributed by atoms with van der Waals surface area (Å²) in [6, 6.07) is 3.48. The number of ether oxygens (including phenoxy) is 2. The second kappa shape index (κ2) is 11.5. The van der Waals surface area contributed by atoms with Crippen molar-refractivity contribution in [2.45, 2.75) is 60.6 Å². The van der Waals surface area contributed by atoms with Crippen LogP contribution in [-0.2, 0) is 29.7 Å². The van der Waals surface area contributed by atoms with Crippen LogP contribution in [0.15, 0.2) is 30.7 Å². The number of carbonyl (C=O) groups excluding carboxylic acids is 2. The van der Waals surface area contributed by atoms with Crippen molar-refractivity contribution >= 4 is 30.3 Å². The highest BCUT2D eigenvalue weighted by Crippen LogP contribution is 2.49. The van der Waals surface area contributed by atoms with Crippen molar-refractivity contribution < 1.29 is 32.7 Å². The highest BCUT2D eigenvalue weighted by molar-refractivity contribution is 7.53. The van der Waals surface area contributed by atoms with Gasteiger partial charge in [0.15, 0.2) is 12.1 Å². The molecule has 2 aromatic heterocycles. The summed E-state index contributed by atoms with van der Waals surface area (Å²) in [6.07, 6.45) is 4.59. The van der Waals surface area contributed by atoms with Gasteiger partial charge in [-0.15, -0.1) is 0 Å². The summed E-state index contributed by atoms with van der Waals surface area (Å²) in [5.41, 5.74) is 1.58. The first-order chi connectivity index (χ1) is 17.4. The van der Waals surface area contributed by atoms with E-state index < -0.39 is 19.2 Å². The summed E-state index contributed by atoms with van der Waals surface area (Å²) in [7, 11) is -3.52. The number of fused-ring (bicyclic) bond motifs is 1. The molecule has 3 rings (SSSR count). The summed E-state index contributed by atoms with van der Waals surface area (Å²) in [5.74, 6) is 0.329. The Bertz CT molecular complexity index is 1320. The maximum atomic E-state index is 13.1. The molecule has 0 aliphatic rings. The van der Waals surface area contributed by atoms with Crippen molar-refractivity contribution in [2.75, 3.05) is 19.6 Å². The zero-order valence-corrected chi connectivity index (χ0v) is 23.3. The normalized spacial score (nSPS) is 12.1. The number of rotatable bonds is 11. The number of hydrogen-bond acceptors (Lipinski definition) is 9. The van der Waals surface area contributed by atoms with E-state index in [1.165, 1.54) is 6.92 Å². The molecule has 0 bridgehead atoms. The molecular weight excluding hydrogens is 497 g/mol. The predicted octanol–water partition coefficient (Wildman–Crippen LogP) is 5.55. The summed E-state index contributed by atoms with van der Waals surface area (Å²) < 4.78 is 37.0. The van der Waals surface area contributed by atoms with E-state index >= 15 is 0 Å². The Hall–Kier alpha value is -3.07. The van der Waals surface area contributed by atoms with Crippen LogP contribution in [-0.4, -0.2) is 51.5 Å². The van der Waals surface area contributed by atoms with Crippen molar-refractivity contribution in [2.24, 2.45) is 0 Å². The monoisotopic (exact) mass is 531 g/mol. The van der Waals surface area contributed by atoms with Crippen LogP contribution in [0.5, 0.6) is 5.75 Å². The third kappa shape index (κ3) is 7.25. The zero-order valence-electron chi connectivity index (χ0n) is 22.4. The van der Waals surface area contributed by atoms with Crippen LogP contribution < -0.4 is 4.74 Å². The maximum absolute atomic E-state index is 13.1. The fourth-order valence-corrected chi connectivity index (χ4v) is 5.08. The SMILES string of the molecule is CCOP(=O)(COc1cc2c(cc1-c1cnc(C)nc1)c(C(C)=O)cn2CC(=O)OC(C)(C)C)OCC. The van der Waals surface area contributed by atoms with Crippen LogP contribution in [0.25, 0.3) is 22.0 Å². The number of aryl methyl sites for hydroxylation is 1. The van der Waals surface area contributed by atoms with Crippen LogP contribution in [0.2, 0.25) is 0 Å². The molecule has 37 heavy (non-hydrogen) atoms. The number of hydrogen-bond donors (Lipinski definition) is 0. The lowest BCUT2D eigenvalue weighted by molar-refractivity contribution is -0.155. The Morgan fingerprint density at radius 2 is 1.68 bits per heavy atom. The second-order valence-electron chi connectivity index (χ2n) is 9.42. The van der Waals surface area contributed by atoms with E-state index in [1.54, 1.807) is 76.8 Å². The van der Waals surface area contributed by atoms with Gasteiger partial charge in [-0.1, -0.05) is 0 Å². The van der Waals surface area contributed by atoms with E-state index in [0.29, 0.717) is 39.2 Å². The minimum Gasteiger partial charge on any atom is -0.480 e. The molecule has 0 radical (unpaired) electrons. The van der Waals surface area contributed by atoms with Crippen LogP contribution >= 0.6 is 7.60 Å². The molecular formula is C26H34N3O7P. The second-order valence-corrected chi connectivity index (χ2v) is 11.4. The molecule has 0 fully saturated rings. The van der Waals surface area contributed by atoms with Gasteiger partial charge in [-0.2, -0.15) is 0 Å². The van der Waals surface area contributed by atoms with Gasteiger partial charge in [0.25, 0.3) is 0 Å². The van der Waals surface area contributed by atoms with E-state index in [9.17, 15) is 14.2 Å². The molecule has 0 aliphatic heterocycles. The summed E-state index contributed by atoms with van der Waals surface area (Å²) in [4.78, 5) is 33.7. The topological polar surface area (TPSA) is 119 Å².